The van der Waals surface area contributed by atoms with Crippen molar-refractivity contribution >= 4 is 20.2 Å². The summed E-state index contributed by atoms with van der Waals surface area (Å²) in [6, 6.07) is 11.8. The Labute approximate surface area is 225 Å². The van der Waals surface area contributed by atoms with Crippen LogP contribution in [0.2, 0.25) is 0 Å². The second-order valence-corrected chi connectivity index (χ2v) is 11.1. The van der Waals surface area contributed by atoms with Crippen LogP contribution in [-0.2, 0) is 31.4 Å². The third kappa shape index (κ3) is 7.21. The fourth-order valence-corrected chi connectivity index (χ4v) is 6.14. The summed E-state index contributed by atoms with van der Waals surface area (Å²) in [5.41, 5.74) is -1.78. The van der Waals surface area contributed by atoms with Crippen LogP contribution >= 0.6 is 0 Å². The van der Waals surface area contributed by atoms with Crippen LogP contribution in [0.25, 0.3) is 0 Å². The molecule has 0 radical (unpaired) electrons. The zero-order valence-corrected chi connectivity index (χ0v) is 21.1. The zero-order valence-electron chi connectivity index (χ0n) is 19.4. The minimum absolute atomic E-state index is 0. The molecule has 0 amide bonds. The average Bonchev–Trinajstić information content (AvgIpc) is 3.37. The van der Waals surface area contributed by atoms with Gasteiger partial charge in [0, 0.05) is 11.1 Å². The molecule has 0 aliphatic heterocycles. The summed E-state index contributed by atoms with van der Waals surface area (Å²) in [4.78, 5) is -0.584. The maximum Gasteiger partial charge on any atom is 1.00 e. The van der Waals surface area contributed by atoms with Gasteiger partial charge in [0.25, 0.3) is 0 Å². The van der Waals surface area contributed by atoms with Crippen LogP contribution in [-0.4, -0.2) is 36.2 Å². The molecule has 2 aliphatic rings. The third-order valence-corrected chi connectivity index (χ3v) is 7.97. The number of rotatable bonds is 4. The van der Waals surface area contributed by atoms with Gasteiger partial charge in [0.15, 0.2) is 0 Å². The molecule has 8 nitrogen and oxygen atoms in total. The molecule has 2 saturated carbocycles. The molecule has 2 aromatic carbocycles. The molecule has 0 spiro atoms. The van der Waals surface area contributed by atoms with Gasteiger partial charge in [-0.25, -0.2) is 16.8 Å². The van der Waals surface area contributed by atoms with Crippen molar-refractivity contribution in [3.8, 4) is 0 Å². The maximum absolute atomic E-state index is 11.1. The quantitative estimate of drug-likeness (QED) is 0.330. The smallest absolute Gasteiger partial charge is 0.744 e. The van der Waals surface area contributed by atoms with Crippen molar-refractivity contribution in [3.63, 3.8) is 0 Å². The molecule has 176 valence electrons. The van der Waals surface area contributed by atoms with Crippen LogP contribution in [0.1, 0.15) is 62.5 Å². The fraction of sp³-hybridized carbons (Fsp3) is 0.455. The molecule has 2 N–H and O–H groups in total. The fourth-order valence-electron chi connectivity index (χ4n) is 4.60. The van der Waals surface area contributed by atoms with Crippen LogP contribution in [0.3, 0.4) is 0 Å². The van der Waals surface area contributed by atoms with E-state index in [0.29, 0.717) is 25.7 Å². The van der Waals surface area contributed by atoms with Crippen LogP contribution < -0.4 is 37.7 Å². The summed E-state index contributed by atoms with van der Waals surface area (Å²) >= 11 is 0. The van der Waals surface area contributed by atoms with E-state index in [-0.39, 0.29) is 58.6 Å². The van der Waals surface area contributed by atoms with E-state index >= 15 is 0 Å². The molecule has 0 aromatic heterocycles. The molecule has 2 aromatic rings. The topological polar surface area (TPSA) is 155 Å². The molecule has 2 aliphatic carbocycles. The van der Waals surface area contributed by atoms with Crippen molar-refractivity contribution < 1.29 is 73.9 Å². The van der Waals surface area contributed by atoms with Crippen LogP contribution in [0, 0.1) is 0 Å². The van der Waals surface area contributed by atoms with Crippen molar-refractivity contribution in [2.24, 2.45) is 0 Å². The van der Waals surface area contributed by atoms with Crippen molar-refractivity contribution in [3.05, 3.63) is 59.7 Å². The SMILES string of the molecule is O=S(=O)([O-])c1ccccc1C1(O)CCCC1.O=S(=O)([O-])c1ccccc1C1(O)CCCC1.[Li+].[Li+]. The van der Waals surface area contributed by atoms with Gasteiger partial charge in [-0.2, -0.15) is 0 Å². The Hall–Kier alpha value is -0.625. The second-order valence-electron chi connectivity index (χ2n) is 8.38. The number of hydrogen-bond acceptors (Lipinski definition) is 8. The van der Waals surface area contributed by atoms with Crippen LogP contribution in [0.5, 0.6) is 0 Å². The molecular weight excluding hydrogens is 470 g/mol. The summed E-state index contributed by atoms with van der Waals surface area (Å²) in [7, 11) is -9.04. The Bertz CT molecular complexity index is 1080. The Morgan fingerprint density at radius 1 is 0.588 bits per heavy atom. The second kappa shape index (κ2) is 12.1. The molecule has 0 heterocycles. The Balaban J connectivity index is 0.000000321. The Morgan fingerprint density at radius 3 is 1.12 bits per heavy atom. The van der Waals surface area contributed by atoms with Crippen LogP contribution in [0.4, 0.5) is 0 Å². The van der Waals surface area contributed by atoms with Gasteiger partial charge < -0.3 is 19.3 Å². The van der Waals surface area contributed by atoms with Gasteiger partial charge >= 0.3 is 37.7 Å². The minimum Gasteiger partial charge on any atom is -0.744 e. The first-order valence-corrected chi connectivity index (χ1v) is 13.2. The van der Waals surface area contributed by atoms with Gasteiger partial charge in [0.2, 0.25) is 0 Å². The zero-order chi connectivity index (χ0) is 23.6. The summed E-state index contributed by atoms with van der Waals surface area (Å²) in [6.45, 7) is 0. The third-order valence-electron chi connectivity index (χ3n) is 6.18. The Kier molecular flexibility index (Phi) is 11.2. The number of aliphatic hydroxyl groups is 2. The molecule has 0 unspecified atom stereocenters. The summed E-state index contributed by atoms with van der Waals surface area (Å²) in [5.74, 6) is 0. The van der Waals surface area contributed by atoms with Gasteiger partial charge in [-0.3, -0.25) is 0 Å². The molecule has 12 heteroatoms. The van der Waals surface area contributed by atoms with E-state index in [1.807, 2.05) is 0 Å². The molecular formula is C22H26Li2O8S2. The van der Waals surface area contributed by atoms with Gasteiger partial charge in [-0.05, 0) is 37.8 Å². The van der Waals surface area contributed by atoms with E-state index in [1.165, 1.54) is 36.4 Å². The van der Waals surface area contributed by atoms with Gasteiger partial charge in [0.1, 0.15) is 20.2 Å². The summed E-state index contributed by atoms with van der Waals surface area (Å²) < 4.78 is 66.5. The van der Waals surface area contributed by atoms with E-state index < -0.39 is 31.4 Å². The van der Waals surface area contributed by atoms with E-state index in [0.717, 1.165) is 25.7 Å². The molecule has 0 saturated heterocycles. The van der Waals surface area contributed by atoms with Crippen molar-refractivity contribution in [1.82, 2.24) is 0 Å². The standard InChI is InChI=1S/2C11H14O4S.2Li/c2*12-11(7-3-4-8-11)9-5-1-2-6-10(9)16(13,14)15;;/h2*1-2,5-6,12H,3-4,7-8H2,(H,13,14,15);;/q;;2*+1/p-2. The maximum atomic E-state index is 11.1. The first kappa shape index (κ1) is 31.4. The van der Waals surface area contributed by atoms with Gasteiger partial charge in [-0.1, -0.05) is 62.1 Å². The first-order chi connectivity index (χ1) is 14.9. The molecule has 2 fully saturated rings. The average molecular weight is 496 g/mol. The normalized spacial score (nSPS) is 18.7. The van der Waals surface area contributed by atoms with Crippen molar-refractivity contribution in [1.29, 1.82) is 0 Å². The number of hydrogen-bond donors (Lipinski definition) is 2. The molecule has 4 rings (SSSR count). The summed E-state index contributed by atoms with van der Waals surface area (Å²) in [6.07, 6.45) is 5.46. The van der Waals surface area contributed by atoms with Crippen molar-refractivity contribution in [2.75, 3.05) is 0 Å². The molecule has 0 bridgehead atoms. The number of benzene rings is 2. The first-order valence-electron chi connectivity index (χ1n) is 10.4. The largest absolute Gasteiger partial charge is 1.00 e. The minimum atomic E-state index is -4.52. The predicted molar refractivity (Wildman–Crippen MR) is 114 cm³/mol. The predicted octanol–water partition coefficient (Wildman–Crippen LogP) is -3.29. The van der Waals surface area contributed by atoms with Crippen molar-refractivity contribution in [2.45, 2.75) is 72.4 Å². The summed E-state index contributed by atoms with van der Waals surface area (Å²) in [5, 5.41) is 20.6. The monoisotopic (exact) mass is 496 g/mol. The molecule has 34 heavy (non-hydrogen) atoms. The van der Waals surface area contributed by atoms with E-state index in [4.69, 9.17) is 0 Å². The van der Waals surface area contributed by atoms with Gasteiger partial charge in [0.05, 0.1) is 21.0 Å². The van der Waals surface area contributed by atoms with Crippen LogP contribution in [0.15, 0.2) is 58.3 Å². The molecule has 0 atom stereocenters. The van der Waals surface area contributed by atoms with E-state index in [9.17, 15) is 36.2 Å². The Morgan fingerprint density at radius 2 is 0.853 bits per heavy atom. The van der Waals surface area contributed by atoms with Gasteiger partial charge in [-0.15, -0.1) is 0 Å². The van der Waals surface area contributed by atoms with E-state index in [1.54, 1.807) is 12.1 Å². The van der Waals surface area contributed by atoms with E-state index in [2.05, 4.69) is 0 Å².